The summed E-state index contributed by atoms with van der Waals surface area (Å²) in [5, 5.41) is 10.6. The van der Waals surface area contributed by atoms with Crippen LogP contribution in [0.4, 0.5) is 0 Å². The van der Waals surface area contributed by atoms with E-state index in [1.54, 1.807) is 0 Å². The van der Waals surface area contributed by atoms with Gasteiger partial charge in [-0.25, -0.2) is 9.13 Å². The van der Waals surface area contributed by atoms with Crippen molar-refractivity contribution in [3.8, 4) is 0 Å². The van der Waals surface area contributed by atoms with Crippen molar-refractivity contribution in [2.75, 3.05) is 39.6 Å². The van der Waals surface area contributed by atoms with Gasteiger partial charge >= 0.3 is 39.5 Å². The van der Waals surface area contributed by atoms with E-state index in [9.17, 15) is 43.2 Å². The predicted octanol–water partition coefficient (Wildman–Crippen LogP) is 19.3. The molecule has 0 aliphatic rings. The van der Waals surface area contributed by atoms with Crippen LogP contribution in [0.25, 0.3) is 0 Å². The third-order valence-corrected chi connectivity index (χ3v) is 18.1. The molecular weight excluding hydrogens is 1160 g/mol. The Kier molecular flexibility index (Phi) is 57.6. The van der Waals surface area contributed by atoms with Crippen LogP contribution in [0.2, 0.25) is 0 Å². The fourth-order valence-corrected chi connectivity index (χ4v) is 11.9. The lowest BCUT2D eigenvalue weighted by Gasteiger charge is -2.21. The molecule has 0 aromatic heterocycles. The van der Waals surface area contributed by atoms with Crippen LogP contribution in [0.5, 0.6) is 0 Å². The Bertz CT molecular complexity index is 1750. The Morgan fingerprint density at radius 1 is 0.318 bits per heavy atom. The number of ether oxygens (including phenoxy) is 4. The van der Waals surface area contributed by atoms with E-state index in [1.165, 1.54) is 135 Å². The SMILES string of the molecule is CCC(C)CCCCCCCCCCC(=O)OC[C@H](COP(=O)(O)OCC(O)COP(=O)(O)OC[C@@H](COC(=O)CCCCCCCCCC(C)C)OC(=O)CCCCCCCCCCCCC(C)C)OC(=O)CCCCCCCCCCCCC(C)C. The maximum absolute atomic E-state index is 13.0. The average Bonchev–Trinajstić information content (AvgIpc) is 3.50. The van der Waals surface area contributed by atoms with E-state index in [-0.39, 0.29) is 25.7 Å². The second-order valence-electron chi connectivity index (χ2n) is 26.6. The molecule has 19 heteroatoms. The van der Waals surface area contributed by atoms with Gasteiger partial charge in [0.05, 0.1) is 26.4 Å². The van der Waals surface area contributed by atoms with Crippen molar-refractivity contribution in [2.45, 2.75) is 356 Å². The lowest BCUT2D eigenvalue weighted by molar-refractivity contribution is -0.161. The van der Waals surface area contributed by atoms with Crippen LogP contribution in [-0.4, -0.2) is 96.7 Å². The van der Waals surface area contributed by atoms with Gasteiger partial charge in [-0.15, -0.1) is 0 Å². The van der Waals surface area contributed by atoms with Gasteiger partial charge < -0.3 is 33.8 Å². The van der Waals surface area contributed by atoms with Gasteiger partial charge in [0.15, 0.2) is 12.2 Å². The summed E-state index contributed by atoms with van der Waals surface area (Å²) in [6.45, 7) is 14.1. The molecule has 0 aromatic rings. The van der Waals surface area contributed by atoms with Crippen molar-refractivity contribution in [3.05, 3.63) is 0 Å². The van der Waals surface area contributed by atoms with Gasteiger partial charge in [-0.05, 0) is 49.4 Å². The minimum absolute atomic E-state index is 0.104. The maximum atomic E-state index is 13.0. The van der Waals surface area contributed by atoms with E-state index in [1.807, 2.05) is 0 Å². The van der Waals surface area contributed by atoms with Crippen LogP contribution in [0.1, 0.15) is 338 Å². The fraction of sp³-hybridized carbons (Fsp3) is 0.942. The monoisotopic (exact) mass is 1300 g/mol. The maximum Gasteiger partial charge on any atom is 0.472 e. The summed E-state index contributed by atoms with van der Waals surface area (Å²) < 4.78 is 68.2. The zero-order valence-electron chi connectivity index (χ0n) is 57.3. The second-order valence-corrected chi connectivity index (χ2v) is 29.5. The summed E-state index contributed by atoms with van der Waals surface area (Å²) in [7, 11) is -9.90. The highest BCUT2D eigenvalue weighted by molar-refractivity contribution is 7.47. The van der Waals surface area contributed by atoms with Gasteiger partial charge in [0.25, 0.3) is 0 Å². The van der Waals surface area contributed by atoms with Crippen LogP contribution in [0.3, 0.4) is 0 Å². The van der Waals surface area contributed by atoms with E-state index in [0.717, 1.165) is 114 Å². The normalized spacial score (nSPS) is 14.6. The molecule has 0 fully saturated rings. The van der Waals surface area contributed by atoms with Crippen molar-refractivity contribution >= 4 is 39.5 Å². The van der Waals surface area contributed by atoms with Crippen molar-refractivity contribution in [1.29, 1.82) is 0 Å². The summed E-state index contributed by atoms with van der Waals surface area (Å²) in [4.78, 5) is 72.5. The number of hydrogen-bond acceptors (Lipinski definition) is 15. The number of aliphatic hydroxyl groups excluding tert-OH is 1. The molecule has 0 rings (SSSR count). The van der Waals surface area contributed by atoms with E-state index < -0.39 is 97.5 Å². The molecule has 0 aliphatic heterocycles. The van der Waals surface area contributed by atoms with Crippen LogP contribution < -0.4 is 0 Å². The van der Waals surface area contributed by atoms with E-state index in [4.69, 9.17) is 37.0 Å². The first-order valence-electron chi connectivity index (χ1n) is 35.7. The number of aliphatic hydroxyl groups is 1. The number of unbranched alkanes of at least 4 members (excludes halogenated alkanes) is 31. The van der Waals surface area contributed by atoms with E-state index >= 15 is 0 Å². The zero-order chi connectivity index (χ0) is 65.4. The third kappa shape index (κ3) is 61.6. The topological polar surface area (TPSA) is 237 Å². The lowest BCUT2D eigenvalue weighted by Crippen LogP contribution is -2.30. The van der Waals surface area contributed by atoms with Crippen LogP contribution in [-0.2, 0) is 65.4 Å². The molecule has 0 aromatic carbocycles. The van der Waals surface area contributed by atoms with Gasteiger partial charge in [-0.1, -0.05) is 287 Å². The number of phosphoric ester groups is 2. The van der Waals surface area contributed by atoms with Gasteiger partial charge in [-0.2, -0.15) is 0 Å². The number of rotatable bonds is 66. The molecule has 3 N–H and O–H groups in total. The molecule has 88 heavy (non-hydrogen) atoms. The molecule has 522 valence electrons. The molecule has 6 atom stereocenters. The highest BCUT2D eigenvalue weighted by Crippen LogP contribution is 2.45. The molecule has 0 aliphatic carbocycles. The first-order valence-corrected chi connectivity index (χ1v) is 38.7. The third-order valence-electron chi connectivity index (χ3n) is 16.2. The van der Waals surface area contributed by atoms with Crippen molar-refractivity contribution < 1.29 is 80.2 Å². The molecule has 0 saturated carbocycles. The molecule has 0 bridgehead atoms. The zero-order valence-corrected chi connectivity index (χ0v) is 59.1. The molecular formula is C69H134O17P2. The van der Waals surface area contributed by atoms with Gasteiger partial charge in [0.2, 0.25) is 0 Å². The predicted molar refractivity (Wildman–Crippen MR) is 354 cm³/mol. The Labute approximate surface area is 537 Å². The Balaban J connectivity index is 5.27. The van der Waals surface area contributed by atoms with Gasteiger partial charge in [0.1, 0.15) is 19.3 Å². The van der Waals surface area contributed by atoms with Crippen LogP contribution in [0.15, 0.2) is 0 Å². The standard InChI is InChI=1S/C69H134O17P2/c1-9-62(8)48-40-32-24-18-19-25-33-41-49-66(71)79-55-64(85-68(73)51-43-35-26-16-12-10-14-21-29-37-45-59(2)3)57-83-87(75,76)81-53-63(70)54-82-88(77,78)84-58-65(56-80-67(72)50-42-34-28-20-23-31-39-47-61(6)7)86-69(74)52-44-36-27-17-13-11-15-22-30-38-46-60(4)5/h59-65,70H,9-58H2,1-8H3,(H,75,76)(H,77,78)/t62?,63?,64-,65-/m1/s1. The minimum atomic E-state index is -4.95. The largest absolute Gasteiger partial charge is 0.472 e. The van der Waals surface area contributed by atoms with Gasteiger partial charge in [-0.3, -0.25) is 37.3 Å². The summed E-state index contributed by atoms with van der Waals surface area (Å²) >= 11 is 0. The van der Waals surface area contributed by atoms with E-state index in [0.29, 0.717) is 31.6 Å². The second kappa shape index (κ2) is 58.8. The lowest BCUT2D eigenvalue weighted by atomic mass is 9.99. The molecule has 0 heterocycles. The number of esters is 4. The summed E-state index contributed by atoms with van der Waals surface area (Å²) in [6.07, 6.45) is 40.3. The number of carbonyl (C=O) groups is 4. The number of phosphoric acid groups is 2. The summed E-state index contributed by atoms with van der Waals surface area (Å²) in [5.74, 6) is 0.855. The Hall–Kier alpha value is -1.94. The fourth-order valence-electron chi connectivity index (χ4n) is 10.3. The van der Waals surface area contributed by atoms with E-state index in [2.05, 4.69) is 55.4 Å². The quantitative estimate of drug-likeness (QED) is 0.0222. The summed E-state index contributed by atoms with van der Waals surface area (Å²) in [6, 6.07) is 0. The van der Waals surface area contributed by atoms with Gasteiger partial charge in [0, 0.05) is 25.7 Å². The first-order chi connectivity index (χ1) is 42.1. The number of hydrogen-bond donors (Lipinski definition) is 3. The molecule has 0 spiro atoms. The average molecular weight is 1300 g/mol. The Morgan fingerprint density at radius 2 is 0.545 bits per heavy atom. The van der Waals surface area contributed by atoms with Crippen LogP contribution in [0, 0.1) is 23.7 Å². The van der Waals surface area contributed by atoms with Crippen molar-refractivity contribution in [2.24, 2.45) is 23.7 Å². The molecule has 0 saturated heterocycles. The van der Waals surface area contributed by atoms with Crippen LogP contribution >= 0.6 is 15.6 Å². The van der Waals surface area contributed by atoms with Crippen molar-refractivity contribution in [3.63, 3.8) is 0 Å². The number of carbonyl (C=O) groups excluding carboxylic acids is 4. The smallest absolute Gasteiger partial charge is 0.462 e. The molecule has 4 unspecified atom stereocenters. The minimum Gasteiger partial charge on any atom is -0.462 e. The molecule has 0 amide bonds. The highest BCUT2D eigenvalue weighted by atomic mass is 31.2. The first kappa shape index (κ1) is 86.1. The Morgan fingerprint density at radius 3 is 0.807 bits per heavy atom. The van der Waals surface area contributed by atoms with Crippen molar-refractivity contribution in [1.82, 2.24) is 0 Å². The molecule has 17 nitrogen and oxygen atoms in total. The summed E-state index contributed by atoms with van der Waals surface area (Å²) in [5.41, 5.74) is 0. The highest BCUT2D eigenvalue weighted by Gasteiger charge is 2.30. The molecule has 0 radical (unpaired) electrons.